The van der Waals surface area contributed by atoms with Crippen LogP contribution in [-0.2, 0) is 9.59 Å². The summed E-state index contributed by atoms with van der Waals surface area (Å²) >= 11 is 12.4. The molecule has 2 amide bonds. The van der Waals surface area contributed by atoms with Gasteiger partial charge in [0.25, 0.3) is 0 Å². The highest BCUT2D eigenvalue weighted by atomic mass is 35.5. The number of nitrogens with one attached hydrogen (secondary N) is 1. The summed E-state index contributed by atoms with van der Waals surface area (Å²) in [4.78, 5) is 32.6. The molecule has 0 fully saturated rings. The molecule has 32 heavy (non-hydrogen) atoms. The highest BCUT2D eigenvalue weighted by molar-refractivity contribution is 6.32. The maximum absolute atomic E-state index is 13.2. The molecule has 0 bridgehead atoms. The minimum atomic E-state index is -0.730. The fourth-order valence-corrected chi connectivity index (χ4v) is 4.17. The van der Waals surface area contributed by atoms with Gasteiger partial charge in [-0.25, -0.2) is 0 Å². The molecule has 1 atom stereocenters. The van der Waals surface area contributed by atoms with Crippen LogP contribution in [0.5, 0.6) is 0 Å². The summed E-state index contributed by atoms with van der Waals surface area (Å²) in [7, 11) is 0. The van der Waals surface area contributed by atoms with Crippen LogP contribution >= 0.6 is 23.2 Å². The van der Waals surface area contributed by atoms with E-state index in [4.69, 9.17) is 23.2 Å². The van der Waals surface area contributed by atoms with Crippen LogP contribution in [0.1, 0.15) is 24.5 Å². The number of hydrogen-bond acceptors (Lipinski definition) is 3. The SMILES string of the molecule is CCC(C(=O)Nc1cccc(Cl)c1)N1C(=O)CN=C(c2ccccc2)c2cc(Cl)ccc21. The number of amides is 2. The highest BCUT2D eigenvalue weighted by Crippen LogP contribution is 2.32. The second kappa shape index (κ2) is 9.55. The predicted octanol–water partition coefficient (Wildman–Crippen LogP) is 5.59. The second-order valence-corrected chi connectivity index (χ2v) is 8.25. The number of rotatable bonds is 5. The molecule has 4 rings (SSSR count). The van der Waals surface area contributed by atoms with E-state index in [2.05, 4.69) is 10.3 Å². The molecule has 1 aliphatic rings. The van der Waals surface area contributed by atoms with Gasteiger partial charge in [0.15, 0.2) is 0 Å². The first-order valence-electron chi connectivity index (χ1n) is 10.3. The second-order valence-electron chi connectivity index (χ2n) is 7.38. The molecule has 5 nitrogen and oxygen atoms in total. The molecule has 0 saturated carbocycles. The maximum Gasteiger partial charge on any atom is 0.249 e. The lowest BCUT2D eigenvalue weighted by Gasteiger charge is -2.30. The lowest BCUT2D eigenvalue weighted by atomic mass is 9.99. The average Bonchev–Trinajstić information content (AvgIpc) is 2.91. The van der Waals surface area contributed by atoms with Crippen molar-refractivity contribution in [2.24, 2.45) is 4.99 Å². The normalized spacial score (nSPS) is 14.3. The number of benzene rings is 3. The van der Waals surface area contributed by atoms with Crippen molar-refractivity contribution in [1.29, 1.82) is 0 Å². The summed E-state index contributed by atoms with van der Waals surface area (Å²) in [6.07, 6.45) is 0.418. The van der Waals surface area contributed by atoms with E-state index in [1.54, 1.807) is 42.5 Å². The Kier molecular flexibility index (Phi) is 6.58. The van der Waals surface area contributed by atoms with E-state index in [1.165, 1.54) is 4.90 Å². The highest BCUT2D eigenvalue weighted by Gasteiger charge is 2.34. The number of anilines is 2. The Morgan fingerprint density at radius 1 is 1.03 bits per heavy atom. The number of carbonyl (C=O) groups is 2. The van der Waals surface area contributed by atoms with E-state index < -0.39 is 6.04 Å². The number of nitrogens with zero attached hydrogens (tertiary/aromatic N) is 2. The van der Waals surface area contributed by atoms with Gasteiger partial charge in [-0.2, -0.15) is 0 Å². The van der Waals surface area contributed by atoms with Gasteiger partial charge in [-0.1, -0.05) is 66.5 Å². The third kappa shape index (κ3) is 4.54. The van der Waals surface area contributed by atoms with Gasteiger partial charge in [-0.3, -0.25) is 19.5 Å². The van der Waals surface area contributed by atoms with Crippen molar-refractivity contribution < 1.29 is 9.59 Å². The molecule has 3 aromatic rings. The molecule has 0 saturated heterocycles. The zero-order valence-electron chi connectivity index (χ0n) is 17.4. The summed E-state index contributed by atoms with van der Waals surface area (Å²) in [5.41, 5.74) is 3.43. The van der Waals surface area contributed by atoms with E-state index >= 15 is 0 Å². The first-order valence-corrected chi connectivity index (χ1v) is 11.0. The standard InChI is InChI=1S/C25H21Cl2N3O2/c1-2-21(25(32)29-19-10-6-9-17(26)13-19)30-22-12-11-18(27)14-20(22)24(28-15-23(30)31)16-7-4-3-5-8-16/h3-14,21H,2,15H2,1H3,(H,29,32). The lowest BCUT2D eigenvalue weighted by molar-refractivity contribution is -0.123. The smallest absolute Gasteiger partial charge is 0.249 e. The fraction of sp³-hybridized carbons (Fsp3) is 0.160. The van der Waals surface area contributed by atoms with Crippen molar-refractivity contribution in [2.45, 2.75) is 19.4 Å². The van der Waals surface area contributed by atoms with Gasteiger partial charge in [0.2, 0.25) is 11.8 Å². The minimum Gasteiger partial charge on any atom is -0.324 e. The van der Waals surface area contributed by atoms with Crippen LogP contribution in [0.2, 0.25) is 10.0 Å². The minimum absolute atomic E-state index is 0.0720. The molecule has 1 N–H and O–H groups in total. The maximum atomic E-state index is 13.2. The van der Waals surface area contributed by atoms with E-state index in [1.807, 2.05) is 37.3 Å². The van der Waals surface area contributed by atoms with Crippen molar-refractivity contribution in [1.82, 2.24) is 0 Å². The van der Waals surface area contributed by atoms with Gasteiger partial charge >= 0.3 is 0 Å². The summed E-state index contributed by atoms with van der Waals surface area (Å²) < 4.78 is 0. The van der Waals surface area contributed by atoms with Crippen LogP contribution in [0.4, 0.5) is 11.4 Å². The molecular weight excluding hydrogens is 445 g/mol. The van der Waals surface area contributed by atoms with E-state index in [0.717, 1.165) is 5.56 Å². The van der Waals surface area contributed by atoms with Crippen LogP contribution in [-0.4, -0.2) is 30.1 Å². The number of fused-ring (bicyclic) bond motifs is 1. The Hall–Kier alpha value is -3.15. The number of aliphatic imine (C=N–C) groups is 1. The van der Waals surface area contributed by atoms with Gasteiger partial charge in [-0.05, 0) is 42.8 Å². The van der Waals surface area contributed by atoms with Gasteiger partial charge in [-0.15, -0.1) is 0 Å². The molecule has 1 aliphatic heterocycles. The lowest BCUT2D eigenvalue weighted by Crippen LogP contribution is -2.48. The Balaban J connectivity index is 1.75. The van der Waals surface area contributed by atoms with Gasteiger partial charge in [0.1, 0.15) is 12.6 Å². The van der Waals surface area contributed by atoms with E-state index in [0.29, 0.717) is 39.1 Å². The van der Waals surface area contributed by atoms with Crippen LogP contribution in [0.25, 0.3) is 0 Å². The van der Waals surface area contributed by atoms with Crippen molar-refractivity contribution in [3.63, 3.8) is 0 Å². The summed E-state index contributed by atoms with van der Waals surface area (Å²) in [5.74, 6) is -0.556. The Morgan fingerprint density at radius 3 is 2.50 bits per heavy atom. The largest absolute Gasteiger partial charge is 0.324 e. The third-order valence-corrected chi connectivity index (χ3v) is 5.72. The number of carbonyl (C=O) groups excluding carboxylic acids is 2. The Bertz CT molecular complexity index is 1190. The summed E-state index contributed by atoms with van der Waals surface area (Å²) in [6.45, 7) is 1.80. The fourth-order valence-electron chi connectivity index (χ4n) is 3.81. The quantitative estimate of drug-likeness (QED) is 0.533. The zero-order chi connectivity index (χ0) is 22.7. The molecule has 0 radical (unpaired) electrons. The van der Waals surface area contributed by atoms with E-state index in [-0.39, 0.29) is 18.4 Å². The Labute approximate surface area is 196 Å². The number of halogens is 2. The number of benzodiazepines with no additional fused rings is 1. The van der Waals surface area contributed by atoms with Crippen LogP contribution in [0.15, 0.2) is 77.8 Å². The van der Waals surface area contributed by atoms with Gasteiger partial charge < -0.3 is 5.32 Å². The first kappa shape index (κ1) is 22.1. The van der Waals surface area contributed by atoms with Crippen molar-refractivity contribution in [3.05, 3.63) is 94.0 Å². The van der Waals surface area contributed by atoms with Crippen LogP contribution in [0, 0.1) is 0 Å². The third-order valence-electron chi connectivity index (χ3n) is 5.25. The average molecular weight is 466 g/mol. The molecule has 162 valence electrons. The van der Waals surface area contributed by atoms with Crippen molar-refractivity contribution >= 4 is 52.1 Å². The molecule has 1 unspecified atom stereocenters. The monoisotopic (exact) mass is 465 g/mol. The molecule has 7 heteroatoms. The van der Waals surface area contributed by atoms with Crippen LogP contribution in [0.3, 0.4) is 0 Å². The predicted molar refractivity (Wildman–Crippen MR) is 130 cm³/mol. The van der Waals surface area contributed by atoms with Crippen LogP contribution < -0.4 is 10.2 Å². The summed E-state index contributed by atoms with van der Waals surface area (Å²) in [5, 5.41) is 3.92. The van der Waals surface area contributed by atoms with Gasteiger partial charge in [0, 0.05) is 26.9 Å². The van der Waals surface area contributed by atoms with Crippen molar-refractivity contribution in [3.8, 4) is 0 Å². The number of hydrogen-bond donors (Lipinski definition) is 1. The van der Waals surface area contributed by atoms with Gasteiger partial charge in [0.05, 0.1) is 11.4 Å². The van der Waals surface area contributed by atoms with E-state index in [9.17, 15) is 9.59 Å². The topological polar surface area (TPSA) is 61.8 Å². The molecule has 1 heterocycles. The first-order chi connectivity index (χ1) is 15.5. The molecule has 0 aromatic heterocycles. The zero-order valence-corrected chi connectivity index (χ0v) is 18.9. The Morgan fingerprint density at radius 2 is 1.78 bits per heavy atom. The van der Waals surface area contributed by atoms with Crippen molar-refractivity contribution in [2.75, 3.05) is 16.8 Å². The molecule has 0 aliphatic carbocycles. The molecular formula is C25H21Cl2N3O2. The molecule has 0 spiro atoms. The summed E-state index contributed by atoms with van der Waals surface area (Å²) in [6, 6.07) is 21.1. The molecule has 3 aromatic carbocycles.